The second-order valence-electron chi connectivity index (χ2n) is 4.92. The number of hydrogen-bond acceptors (Lipinski definition) is 4. The Hall–Kier alpha value is -0.160. The van der Waals surface area contributed by atoms with E-state index in [1.54, 1.807) is 11.3 Å². The zero-order valence-electron chi connectivity index (χ0n) is 10.6. The van der Waals surface area contributed by atoms with Crippen LogP contribution in [0.2, 0.25) is 0 Å². The van der Waals surface area contributed by atoms with Crippen LogP contribution in [0.1, 0.15) is 36.4 Å². The number of aromatic nitrogens is 1. The number of piperidine rings is 1. The minimum absolute atomic E-state index is 0.107. The molecule has 1 N–H and O–H groups in total. The van der Waals surface area contributed by atoms with Crippen LogP contribution in [0, 0.1) is 0 Å². The van der Waals surface area contributed by atoms with E-state index in [1.807, 2.05) is 5.38 Å². The van der Waals surface area contributed by atoms with Gasteiger partial charge < -0.3 is 10.0 Å². The fourth-order valence-corrected chi connectivity index (χ4v) is 3.44. The molecule has 18 heavy (non-hydrogen) atoms. The van der Waals surface area contributed by atoms with Crippen LogP contribution in [-0.4, -0.2) is 40.7 Å². The van der Waals surface area contributed by atoms with Crippen molar-refractivity contribution in [2.45, 2.75) is 44.1 Å². The van der Waals surface area contributed by atoms with Gasteiger partial charge in [0.25, 0.3) is 0 Å². The van der Waals surface area contributed by atoms with Gasteiger partial charge in [0.2, 0.25) is 0 Å². The lowest BCUT2D eigenvalue weighted by Gasteiger charge is -2.29. The minimum atomic E-state index is -0.107. The Morgan fingerprint density at radius 1 is 1.50 bits per heavy atom. The van der Waals surface area contributed by atoms with Crippen LogP contribution in [0.3, 0.4) is 0 Å². The maximum atomic E-state index is 9.58. The van der Waals surface area contributed by atoms with Crippen molar-refractivity contribution in [3.8, 4) is 0 Å². The quantitative estimate of drug-likeness (QED) is 0.646. The molecule has 1 aromatic heterocycles. The van der Waals surface area contributed by atoms with E-state index in [0.29, 0.717) is 5.88 Å². The Morgan fingerprint density at radius 3 is 3.11 bits per heavy atom. The normalized spacial score (nSPS) is 21.3. The van der Waals surface area contributed by atoms with Crippen molar-refractivity contribution in [1.82, 2.24) is 9.88 Å². The van der Waals surface area contributed by atoms with Crippen LogP contribution in [0.15, 0.2) is 5.38 Å². The molecule has 2 rings (SSSR count). The molecule has 1 saturated heterocycles. The number of rotatable bonds is 6. The highest BCUT2D eigenvalue weighted by Gasteiger charge is 2.16. The topological polar surface area (TPSA) is 36.4 Å². The first kappa shape index (κ1) is 14.3. The zero-order chi connectivity index (χ0) is 12.8. The smallest absolute Gasteiger partial charge is 0.0928 e. The largest absolute Gasteiger partial charge is 0.392 e. The highest BCUT2D eigenvalue weighted by Crippen LogP contribution is 2.15. The highest BCUT2D eigenvalue weighted by molar-refractivity contribution is 7.09. The van der Waals surface area contributed by atoms with Crippen LogP contribution in [-0.2, 0) is 12.3 Å². The van der Waals surface area contributed by atoms with Crippen LogP contribution in [0.4, 0.5) is 0 Å². The predicted octanol–water partition coefficient (Wildman–Crippen LogP) is 2.66. The van der Waals surface area contributed by atoms with E-state index >= 15 is 0 Å². The number of alkyl halides is 1. The summed E-state index contributed by atoms with van der Waals surface area (Å²) in [6.07, 6.45) is 5.40. The summed E-state index contributed by atoms with van der Waals surface area (Å²) in [5.74, 6) is 0.516. The first-order valence-electron chi connectivity index (χ1n) is 6.67. The first-order chi connectivity index (χ1) is 8.78. The van der Waals surface area contributed by atoms with E-state index in [0.717, 1.165) is 44.6 Å². The van der Waals surface area contributed by atoms with Crippen molar-refractivity contribution in [2.75, 3.05) is 19.6 Å². The minimum Gasteiger partial charge on any atom is -0.392 e. The van der Waals surface area contributed by atoms with Crippen LogP contribution < -0.4 is 0 Å². The summed E-state index contributed by atoms with van der Waals surface area (Å²) in [6, 6.07) is 0. The lowest BCUT2D eigenvalue weighted by atomic mass is 10.1. The lowest BCUT2D eigenvalue weighted by Crippen LogP contribution is -2.38. The number of thiazole rings is 1. The van der Waals surface area contributed by atoms with Crippen LogP contribution >= 0.6 is 22.9 Å². The second-order valence-corrected chi connectivity index (χ2v) is 6.13. The van der Waals surface area contributed by atoms with E-state index in [-0.39, 0.29) is 6.10 Å². The van der Waals surface area contributed by atoms with E-state index in [1.165, 1.54) is 17.8 Å². The number of likely N-dealkylation sites (tertiary alicyclic amines) is 1. The molecule has 1 aliphatic heterocycles. The molecule has 0 spiro atoms. The Labute approximate surface area is 118 Å². The molecule has 1 fully saturated rings. The summed E-state index contributed by atoms with van der Waals surface area (Å²) >= 11 is 7.44. The maximum Gasteiger partial charge on any atom is 0.0928 e. The highest BCUT2D eigenvalue weighted by atomic mass is 35.5. The monoisotopic (exact) mass is 288 g/mol. The molecule has 0 saturated carbocycles. The molecule has 0 aromatic carbocycles. The maximum absolute atomic E-state index is 9.58. The fourth-order valence-electron chi connectivity index (χ4n) is 2.37. The van der Waals surface area contributed by atoms with E-state index in [9.17, 15) is 5.11 Å². The number of aliphatic hydroxyl groups is 1. The van der Waals surface area contributed by atoms with Gasteiger partial charge in [-0.2, -0.15) is 0 Å². The van der Waals surface area contributed by atoms with Gasteiger partial charge in [-0.25, -0.2) is 4.98 Å². The fraction of sp³-hybridized carbons (Fsp3) is 0.769. The Bertz CT molecular complexity index is 359. The summed E-state index contributed by atoms with van der Waals surface area (Å²) in [6.45, 7) is 3.10. The van der Waals surface area contributed by atoms with Crippen molar-refractivity contribution in [3.63, 3.8) is 0 Å². The molecule has 0 radical (unpaired) electrons. The third-order valence-electron chi connectivity index (χ3n) is 3.33. The lowest BCUT2D eigenvalue weighted by molar-refractivity contribution is 0.0699. The standard InChI is InChI=1S/C13H21ClN2OS/c14-8-11-10-18-13(15-11)5-1-2-6-16-7-3-4-12(17)9-16/h10,12,17H,1-9H2. The Morgan fingerprint density at radius 2 is 2.39 bits per heavy atom. The summed E-state index contributed by atoms with van der Waals surface area (Å²) in [7, 11) is 0. The van der Waals surface area contributed by atoms with Crippen LogP contribution in [0.25, 0.3) is 0 Å². The average Bonchev–Trinajstić information content (AvgIpc) is 2.83. The summed E-state index contributed by atoms with van der Waals surface area (Å²) in [5, 5.41) is 12.8. The average molecular weight is 289 g/mol. The number of halogens is 1. The predicted molar refractivity (Wildman–Crippen MR) is 76.3 cm³/mol. The number of aliphatic hydroxyl groups excluding tert-OH is 1. The van der Waals surface area contributed by atoms with Crippen molar-refractivity contribution in [3.05, 3.63) is 16.1 Å². The molecular weight excluding hydrogens is 268 g/mol. The van der Waals surface area contributed by atoms with Gasteiger partial charge in [0.05, 0.1) is 22.7 Å². The third kappa shape index (κ3) is 4.50. The van der Waals surface area contributed by atoms with Crippen LogP contribution in [0.5, 0.6) is 0 Å². The van der Waals surface area contributed by atoms with Crippen molar-refractivity contribution < 1.29 is 5.11 Å². The summed E-state index contributed by atoms with van der Waals surface area (Å²) in [5.41, 5.74) is 0.996. The second kappa shape index (κ2) is 7.43. The number of hydrogen-bond donors (Lipinski definition) is 1. The van der Waals surface area contributed by atoms with E-state index < -0.39 is 0 Å². The molecule has 5 heteroatoms. The molecule has 0 aliphatic carbocycles. The van der Waals surface area contributed by atoms with E-state index in [2.05, 4.69) is 9.88 Å². The summed E-state index contributed by atoms with van der Waals surface area (Å²) < 4.78 is 0. The molecule has 3 nitrogen and oxygen atoms in total. The van der Waals surface area contributed by atoms with E-state index in [4.69, 9.17) is 11.6 Å². The molecule has 102 valence electrons. The van der Waals surface area contributed by atoms with Gasteiger partial charge in [0.15, 0.2) is 0 Å². The van der Waals surface area contributed by atoms with Gasteiger partial charge in [-0.05, 0) is 45.2 Å². The molecule has 0 amide bonds. The first-order valence-corrected chi connectivity index (χ1v) is 8.09. The Balaban J connectivity index is 1.60. The zero-order valence-corrected chi connectivity index (χ0v) is 12.2. The van der Waals surface area contributed by atoms with Gasteiger partial charge in [-0.3, -0.25) is 0 Å². The number of unbranched alkanes of at least 4 members (excludes halogenated alkanes) is 1. The molecule has 1 unspecified atom stereocenters. The van der Waals surface area contributed by atoms with Crippen molar-refractivity contribution >= 4 is 22.9 Å². The molecule has 0 bridgehead atoms. The van der Waals surface area contributed by atoms with Crippen molar-refractivity contribution in [1.29, 1.82) is 0 Å². The van der Waals surface area contributed by atoms with Gasteiger partial charge in [0, 0.05) is 11.9 Å². The molecule has 1 aliphatic rings. The number of β-amino-alcohol motifs (C(OH)–C–C–N with tert-alkyl or cyclic N) is 1. The third-order valence-corrected chi connectivity index (χ3v) is 4.56. The van der Waals surface area contributed by atoms with Crippen molar-refractivity contribution in [2.24, 2.45) is 0 Å². The van der Waals surface area contributed by atoms with Gasteiger partial charge in [0.1, 0.15) is 0 Å². The molecule has 1 atom stereocenters. The number of aryl methyl sites for hydroxylation is 1. The molecular formula is C13H21ClN2OS. The van der Waals surface area contributed by atoms with Gasteiger partial charge in [-0.15, -0.1) is 22.9 Å². The molecule has 1 aromatic rings. The SMILES string of the molecule is OC1CCCN(CCCCc2nc(CCl)cs2)C1. The Kier molecular flexibility index (Phi) is 5.89. The summed E-state index contributed by atoms with van der Waals surface area (Å²) in [4.78, 5) is 6.83. The van der Waals surface area contributed by atoms with Gasteiger partial charge in [-0.1, -0.05) is 0 Å². The van der Waals surface area contributed by atoms with Gasteiger partial charge >= 0.3 is 0 Å². The number of nitrogens with zero attached hydrogens (tertiary/aromatic N) is 2. The molecule has 2 heterocycles.